The van der Waals surface area contributed by atoms with Crippen LogP contribution in [0.15, 0.2) is 24.5 Å². The van der Waals surface area contributed by atoms with Gasteiger partial charge in [-0.2, -0.15) is 0 Å². The zero-order chi connectivity index (χ0) is 17.8. The van der Waals surface area contributed by atoms with Crippen LogP contribution < -0.4 is 10.1 Å². The number of hydrogen-bond acceptors (Lipinski definition) is 4. The SMILES string of the molecule is CCn1cnnc1[C@H]1CCCN(C(=O)Nc2cc(F)cc(OC)c2)C1. The number of methoxy groups -OCH3 is 1. The lowest BCUT2D eigenvalue weighted by molar-refractivity contribution is 0.190. The molecule has 134 valence electrons. The molecule has 2 heterocycles. The summed E-state index contributed by atoms with van der Waals surface area (Å²) in [4.78, 5) is 14.3. The molecule has 0 unspecified atom stereocenters. The Morgan fingerprint density at radius 1 is 1.44 bits per heavy atom. The van der Waals surface area contributed by atoms with E-state index in [0.717, 1.165) is 25.2 Å². The van der Waals surface area contributed by atoms with Crippen molar-refractivity contribution < 1.29 is 13.9 Å². The van der Waals surface area contributed by atoms with Gasteiger partial charge in [-0.1, -0.05) is 0 Å². The van der Waals surface area contributed by atoms with Gasteiger partial charge >= 0.3 is 6.03 Å². The van der Waals surface area contributed by atoms with Gasteiger partial charge in [-0.25, -0.2) is 9.18 Å². The second-order valence-electron chi connectivity index (χ2n) is 6.07. The topological polar surface area (TPSA) is 72.3 Å². The van der Waals surface area contributed by atoms with Crippen LogP contribution in [0, 0.1) is 5.82 Å². The number of aryl methyl sites for hydroxylation is 1. The highest BCUT2D eigenvalue weighted by Crippen LogP contribution is 2.26. The van der Waals surface area contributed by atoms with E-state index >= 15 is 0 Å². The molecule has 1 atom stereocenters. The summed E-state index contributed by atoms with van der Waals surface area (Å²) in [5, 5.41) is 10.9. The second kappa shape index (κ2) is 7.50. The molecule has 1 N–H and O–H groups in total. The Labute approximate surface area is 145 Å². The fourth-order valence-corrected chi connectivity index (χ4v) is 3.15. The van der Waals surface area contributed by atoms with Gasteiger partial charge in [-0.05, 0) is 25.8 Å². The number of ether oxygens (including phenoxy) is 1. The molecule has 1 aromatic carbocycles. The highest BCUT2D eigenvalue weighted by Gasteiger charge is 2.27. The number of nitrogens with one attached hydrogen (secondary N) is 1. The lowest BCUT2D eigenvalue weighted by atomic mass is 9.97. The fourth-order valence-electron chi connectivity index (χ4n) is 3.15. The highest BCUT2D eigenvalue weighted by atomic mass is 19.1. The van der Waals surface area contributed by atoms with Gasteiger partial charge < -0.3 is 19.5 Å². The summed E-state index contributed by atoms with van der Waals surface area (Å²) in [6.07, 6.45) is 3.57. The first kappa shape index (κ1) is 17.2. The quantitative estimate of drug-likeness (QED) is 0.923. The molecule has 3 rings (SSSR count). The minimum atomic E-state index is -0.456. The normalized spacial score (nSPS) is 17.4. The highest BCUT2D eigenvalue weighted by molar-refractivity contribution is 5.89. The van der Waals surface area contributed by atoms with Gasteiger partial charge in [0.25, 0.3) is 0 Å². The number of benzene rings is 1. The Morgan fingerprint density at radius 2 is 2.28 bits per heavy atom. The molecule has 0 radical (unpaired) electrons. The monoisotopic (exact) mass is 347 g/mol. The summed E-state index contributed by atoms with van der Waals surface area (Å²) in [6.45, 7) is 4.07. The van der Waals surface area contributed by atoms with Gasteiger partial charge in [0.05, 0.1) is 7.11 Å². The molecule has 1 saturated heterocycles. The number of halogens is 1. The van der Waals surface area contributed by atoms with E-state index in [-0.39, 0.29) is 11.9 Å². The number of amides is 2. The minimum Gasteiger partial charge on any atom is -0.497 e. The first-order valence-electron chi connectivity index (χ1n) is 8.39. The predicted molar refractivity (Wildman–Crippen MR) is 91.2 cm³/mol. The van der Waals surface area contributed by atoms with E-state index in [1.807, 2.05) is 11.5 Å². The maximum absolute atomic E-state index is 13.6. The summed E-state index contributed by atoms with van der Waals surface area (Å²) >= 11 is 0. The fraction of sp³-hybridized carbons (Fsp3) is 0.471. The van der Waals surface area contributed by atoms with Crippen LogP contribution in [0.3, 0.4) is 0 Å². The molecule has 0 spiro atoms. The summed E-state index contributed by atoms with van der Waals surface area (Å²) in [5.74, 6) is 0.974. The largest absolute Gasteiger partial charge is 0.497 e. The van der Waals surface area contributed by atoms with E-state index in [4.69, 9.17) is 4.74 Å². The van der Waals surface area contributed by atoms with Crippen LogP contribution >= 0.6 is 0 Å². The molecule has 7 nitrogen and oxygen atoms in total. The van der Waals surface area contributed by atoms with Crippen molar-refractivity contribution in [2.75, 3.05) is 25.5 Å². The lowest BCUT2D eigenvalue weighted by Crippen LogP contribution is -2.42. The van der Waals surface area contributed by atoms with Gasteiger partial charge in [-0.15, -0.1) is 10.2 Å². The Morgan fingerprint density at radius 3 is 3.04 bits per heavy atom. The van der Waals surface area contributed by atoms with Crippen molar-refractivity contribution >= 4 is 11.7 Å². The number of hydrogen-bond donors (Lipinski definition) is 1. The first-order chi connectivity index (χ1) is 12.1. The average molecular weight is 347 g/mol. The van der Waals surface area contributed by atoms with Crippen LogP contribution in [0.5, 0.6) is 5.75 Å². The third-order valence-electron chi connectivity index (χ3n) is 4.42. The summed E-state index contributed by atoms with van der Waals surface area (Å²) in [7, 11) is 1.46. The maximum atomic E-state index is 13.6. The summed E-state index contributed by atoms with van der Waals surface area (Å²) < 4.78 is 20.6. The predicted octanol–water partition coefficient (Wildman–Crippen LogP) is 2.86. The molecular weight excluding hydrogens is 325 g/mol. The van der Waals surface area contributed by atoms with E-state index in [9.17, 15) is 9.18 Å². The van der Waals surface area contributed by atoms with E-state index in [1.165, 1.54) is 19.2 Å². The molecule has 1 aromatic heterocycles. The van der Waals surface area contributed by atoms with Crippen molar-refractivity contribution in [1.29, 1.82) is 0 Å². The van der Waals surface area contributed by atoms with Gasteiger partial charge in [0, 0.05) is 43.4 Å². The van der Waals surface area contributed by atoms with E-state index in [1.54, 1.807) is 17.3 Å². The zero-order valence-electron chi connectivity index (χ0n) is 14.4. The minimum absolute atomic E-state index is 0.156. The Kier molecular flexibility index (Phi) is 5.16. The molecule has 1 aliphatic rings. The molecule has 0 saturated carbocycles. The van der Waals surface area contributed by atoms with Crippen LogP contribution in [-0.2, 0) is 6.54 Å². The number of piperidine rings is 1. The number of anilines is 1. The Bertz CT molecular complexity index is 748. The molecule has 0 aliphatic carbocycles. The Balaban J connectivity index is 1.69. The molecular formula is C17H22FN5O2. The molecule has 2 amide bonds. The molecule has 0 bridgehead atoms. The zero-order valence-corrected chi connectivity index (χ0v) is 14.4. The average Bonchev–Trinajstić information content (AvgIpc) is 3.10. The van der Waals surface area contributed by atoms with Gasteiger partial charge in [-0.3, -0.25) is 0 Å². The smallest absolute Gasteiger partial charge is 0.321 e. The number of carbonyl (C=O) groups excluding carboxylic acids is 1. The van der Waals surface area contributed by atoms with Crippen molar-refractivity contribution in [3.05, 3.63) is 36.2 Å². The van der Waals surface area contributed by atoms with Crippen LogP contribution in [0.4, 0.5) is 14.9 Å². The van der Waals surface area contributed by atoms with Gasteiger partial charge in [0.15, 0.2) is 0 Å². The van der Waals surface area contributed by atoms with Crippen molar-refractivity contribution in [2.45, 2.75) is 32.2 Å². The standard InChI is InChI=1S/C17H22FN5O2/c1-3-22-11-19-21-16(22)12-5-4-6-23(10-12)17(24)20-14-7-13(18)8-15(9-14)25-2/h7-9,11-12H,3-6,10H2,1-2H3,(H,20,24)/t12-/m0/s1. The number of carbonyl (C=O) groups is 1. The first-order valence-corrected chi connectivity index (χ1v) is 8.39. The van der Waals surface area contributed by atoms with Crippen molar-refractivity contribution in [3.63, 3.8) is 0 Å². The summed E-state index contributed by atoms with van der Waals surface area (Å²) in [6, 6.07) is 3.88. The maximum Gasteiger partial charge on any atom is 0.321 e. The van der Waals surface area contributed by atoms with Crippen LogP contribution in [0.25, 0.3) is 0 Å². The second-order valence-corrected chi connectivity index (χ2v) is 6.07. The van der Waals surface area contributed by atoms with Crippen LogP contribution in [0.2, 0.25) is 0 Å². The van der Waals surface area contributed by atoms with Crippen LogP contribution in [-0.4, -0.2) is 45.9 Å². The number of rotatable bonds is 4. The van der Waals surface area contributed by atoms with Crippen molar-refractivity contribution in [3.8, 4) is 5.75 Å². The third-order valence-corrected chi connectivity index (χ3v) is 4.42. The number of nitrogens with zero attached hydrogens (tertiary/aromatic N) is 4. The van der Waals surface area contributed by atoms with Crippen molar-refractivity contribution in [2.24, 2.45) is 0 Å². The molecule has 25 heavy (non-hydrogen) atoms. The van der Waals surface area contributed by atoms with E-state index in [0.29, 0.717) is 24.5 Å². The Hall–Kier alpha value is -2.64. The summed E-state index contributed by atoms with van der Waals surface area (Å²) in [5.41, 5.74) is 0.376. The number of aromatic nitrogens is 3. The van der Waals surface area contributed by atoms with E-state index in [2.05, 4.69) is 15.5 Å². The molecule has 1 fully saturated rings. The molecule has 2 aromatic rings. The molecule has 1 aliphatic heterocycles. The molecule has 8 heteroatoms. The third kappa shape index (κ3) is 3.89. The van der Waals surface area contributed by atoms with E-state index < -0.39 is 5.82 Å². The van der Waals surface area contributed by atoms with Crippen molar-refractivity contribution in [1.82, 2.24) is 19.7 Å². The lowest BCUT2D eigenvalue weighted by Gasteiger charge is -2.32. The van der Waals surface area contributed by atoms with Gasteiger partial charge in [0.1, 0.15) is 23.7 Å². The van der Waals surface area contributed by atoms with Gasteiger partial charge in [0.2, 0.25) is 0 Å². The van der Waals surface area contributed by atoms with Crippen LogP contribution in [0.1, 0.15) is 31.5 Å². The number of urea groups is 1. The number of likely N-dealkylation sites (tertiary alicyclic amines) is 1.